The molecule has 3 heteroatoms. The highest BCUT2D eigenvalue weighted by atomic mass is 15.5. The summed E-state index contributed by atoms with van der Waals surface area (Å²) in [5, 5.41) is 4.50. The van der Waals surface area contributed by atoms with Crippen LogP contribution in [0.4, 0.5) is 0 Å². The Morgan fingerprint density at radius 2 is 1.75 bits per heavy atom. The zero-order chi connectivity index (χ0) is 11.1. The van der Waals surface area contributed by atoms with Gasteiger partial charge in [0.2, 0.25) is 0 Å². The predicted molar refractivity (Wildman–Crippen MR) is 67.3 cm³/mol. The van der Waals surface area contributed by atoms with E-state index in [0.29, 0.717) is 0 Å². The molecule has 0 fully saturated rings. The fourth-order valence-electron chi connectivity index (χ4n) is 2.18. The van der Waals surface area contributed by atoms with Crippen molar-refractivity contribution in [2.45, 2.75) is 0 Å². The number of nitrogens with zero attached hydrogens (tertiary/aromatic N) is 3. The van der Waals surface area contributed by atoms with E-state index < -0.39 is 0 Å². The molecule has 0 aliphatic heterocycles. The maximum atomic E-state index is 4.46. The minimum Gasteiger partial charge on any atom is -0.317 e. The van der Waals surface area contributed by atoms with Gasteiger partial charge in [-0.15, -0.1) is 0 Å². The van der Waals surface area contributed by atoms with Crippen molar-refractivity contribution < 1.29 is 0 Å². The first kappa shape index (κ1) is 9.21. The first-order chi connectivity index (χ1) is 7.79. The van der Waals surface area contributed by atoms with E-state index in [0.717, 1.165) is 5.65 Å². The number of rotatable bonds is 1. The molecule has 16 heavy (non-hydrogen) atoms. The second kappa shape index (κ2) is 3.23. The third-order valence-corrected chi connectivity index (χ3v) is 2.81. The minimum absolute atomic E-state index is 1.01. The molecule has 0 bridgehead atoms. The number of fused-ring (bicyclic) bond motifs is 3. The maximum absolute atomic E-state index is 4.46. The number of pyridine rings is 1. The summed E-state index contributed by atoms with van der Waals surface area (Å²) in [6.45, 7) is 0. The van der Waals surface area contributed by atoms with Crippen LogP contribution in [-0.2, 0) is 0 Å². The van der Waals surface area contributed by atoms with E-state index in [2.05, 4.69) is 45.0 Å². The Balaban J connectivity index is 2.59. The lowest BCUT2D eigenvalue weighted by atomic mass is 10.2. The molecular weight excluding hydrogens is 198 g/mol. The van der Waals surface area contributed by atoms with Crippen molar-refractivity contribution in [2.24, 2.45) is 0 Å². The van der Waals surface area contributed by atoms with Gasteiger partial charge in [-0.3, -0.25) is 0 Å². The molecule has 0 N–H and O–H groups in total. The van der Waals surface area contributed by atoms with Gasteiger partial charge >= 0.3 is 0 Å². The van der Waals surface area contributed by atoms with Crippen molar-refractivity contribution in [3.05, 3.63) is 42.6 Å². The van der Waals surface area contributed by atoms with Gasteiger partial charge in [0.15, 0.2) is 5.65 Å². The van der Waals surface area contributed by atoms with Crippen molar-refractivity contribution in [3.63, 3.8) is 0 Å². The number of benzene rings is 1. The van der Waals surface area contributed by atoms with E-state index in [-0.39, 0.29) is 0 Å². The predicted octanol–water partition coefficient (Wildman–Crippen LogP) is 2.39. The Morgan fingerprint density at radius 3 is 2.56 bits per heavy atom. The Labute approximate surface area is 93.9 Å². The lowest BCUT2D eigenvalue weighted by Gasteiger charge is -2.16. The molecule has 3 nitrogen and oxygen atoms in total. The highest BCUT2D eigenvalue weighted by molar-refractivity contribution is 6.06. The SMILES string of the molecule is CN(C)n1c2ccccc2c2cccnc21. The molecule has 0 unspecified atom stereocenters. The Hall–Kier alpha value is -2.03. The molecule has 0 spiro atoms. The molecule has 1 aromatic carbocycles. The fourth-order valence-corrected chi connectivity index (χ4v) is 2.18. The van der Waals surface area contributed by atoms with Crippen LogP contribution in [-0.4, -0.2) is 23.8 Å². The second-order valence-corrected chi connectivity index (χ2v) is 4.05. The van der Waals surface area contributed by atoms with Crippen LogP contribution < -0.4 is 5.01 Å². The Bertz CT molecular complexity index is 599. The molecule has 0 saturated carbocycles. The van der Waals surface area contributed by atoms with Crippen LogP contribution in [0.5, 0.6) is 0 Å². The summed E-state index contributed by atoms with van der Waals surface area (Å²) in [7, 11) is 4.06. The molecule has 0 amide bonds. The zero-order valence-corrected chi connectivity index (χ0v) is 9.38. The van der Waals surface area contributed by atoms with Crippen LogP contribution in [0.1, 0.15) is 0 Å². The molecule has 0 saturated heterocycles. The summed E-state index contributed by atoms with van der Waals surface area (Å²) in [6, 6.07) is 12.5. The molecule has 0 radical (unpaired) electrons. The van der Waals surface area contributed by atoms with Gasteiger partial charge in [-0.1, -0.05) is 18.2 Å². The summed E-state index contributed by atoms with van der Waals surface area (Å²) in [4.78, 5) is 4.46. The van der Waals surface area contributed by atoms with Crippen molar-refractivity contribution in [1.82, 2.24) is 9.66 Å². The number of para-hydroxylation sites is 1. The van der Waals surface area contributed by atoms with E-state index in [1.807, 2.05) is 26.4 Å². The van der Waals surface area contributed by atoms with Crippen LogP contribution in [0.15, 0.2) is 42.6 Å². The molecule has 80 valence electrons. The largest absolute Gasteiger partial charge is 0.317 e. The van der Waals surface area contributed by atoms with E-state index in [1.54, 1.807) is 0 Å². The summed E-state index contributed by atoms with van der Waals surface area (Å²) >= 11 is 0. The zero-order valence-electron chi connectivity index (χ0n) is 9.38. The van der Waals surface area contributed by atoms with Crippen LogP contribution in [0.25, 0.3) is 21.9 Å². The first-order valence-corrected chi connectivity index (χ1v) is 5.31. The highest BCUT2D eigenvalue weighted by Crippen LogP contribution is 2.26. The van der Waals surface area contributed by atoms with E-state index >= 15 is 0 Å². The Kier molecular flexibility index (Phi) is 1.86. The molecule has 0 atom stereocenters. The summed E-state index contributed by atoms with van der Waals surface area (Å²) in [6.07, 6.45) is 1.83. The first-order valence-electron chi connectivity index (χ1n) is 5.31. The van der Waals surface area contributed by atoms with Gasteiger partial charge in [-0.2, -0.15) is 0 Å². The van der Waals surface area contributed by atoms with Crippen molar-refractivity contribution in [3.8, 4) is 0 Å². The van der Waals surface area contributed by atoms with Crippen LogP contribution in [0.2, 0.25) is 0 Å². The standard InChI is InChI=1S/C13H13N3/c1-15(2)16-12-8-4-3-6-10(12)11-7-5-9-14-13(11)16/h3-9H,1-2H3. The van der Waals surface area contributed by atoms with Crippen molar-refractivity contribution >= 4 is 21.9 Å². The van der Waals surface area contributed by atoms with Gasteiger partial charge in [0.05, 0.1) is 5.52 Å². The molecule has 0 aliphatic rings. The third kappa shape index (κ3) is 1.11. The molecule has 0 aliphatic carbocycles. The number of hydrogen-bond donors (Lipinski definition) is 0. The highest BCUT2D eigenvalue weighted by Gasteiger charge is 2.11. The summed E-state index contributed by atoms with van der Waals surface area (Å²) < 4.78 is 2.13. The van der Waals surface area contributed by atoms with E-state index in [1.165, 1.54) is 16.3 Å². The number of hydrogen-bond acceptors (Lipinski definition) is 2. The van der Waals surface area contributed by atoms with Gasteiger partial charge in [0.1, 0.15) is 0 Å². The number of aromatic nitrogens is 2. The van der Waals surface area contributed by atoms with Crippen molar-refractivity contribution in [2.75, 3.05) is 19.1 Å². The molecular formula is C13H13N3. The molecule has 3 rings (SSSR count). The smallest absolute Gasteiger partial charge is 0.159 e. The summed E-state index contributed by atoms with van der Waals surface area (Å²) in [5.74, 6) is 0. The van der Waals surface area contributed by atoms with Crippen molar-refractivity contribution in [1.29, 1.82) is 0 Å². The van der Waals surface area contributed by atoms with Crippen LogP contribution in [0.3, 0.4) is 0 Å². The quantitative estimate of drug-likeness (QED) is 0.616. The Morgan fingerprint density at radius 1 is 1.00 bits per heavy atom. The van der Waals surface area contributed by atoms with Gasteiger partial charge in [-0.25, -0.2) is 9.66 Å². The molecule has 2 aromatic heterocycles. The third-order valence-electron chi connectivity index (χ3n) is 2.81. The van der Waals surface area contributed by atoms with E-state index in [9.17, 15) is 0 Å². The van der Waals surface area contributed by atoms with Gasteiger partial charge in [-0.05, 0) is 18.2 Å². The monoisotopic (exact) mass is 211 g/mol. The lowest BCUT2D eigenvalue weighted by molar-refractivity contribution is 0.779. The molecule has 2 heterocycles. The maximum Gasteiger partial charge on any atom is 0.159 e. The van der Waals surface area contributed by atoms with Crippen LogP contribution >= 0.6 is 0 Å². The topological polar surface area (TPSA) is 21.1 Å². The van der Waals surface area contributed by atoms with Gasteiger partial charge in [0.25, 0.3) is 0 Å². The second-order valence-electron chi connectivity index (χ2n) is 4.05. The van der Waals surface area contributed by atoms with Gasteiger partial charge < -0.3 is 5.01 Å². The summed E-state index contributed by atoms with van der Waals surface area (Å²) in [5.41, 5.74) is 2.20. The van der Waals surface area contributed by atoms with Gasteiger partial charge in [0, 0.05) is 31.1 Å². The minimum atomic E-state index is 1.01. The fraction of sp³-hybridized carbons (Fsp3) is 0.154. The van der Waals surface area contributed by atoms with E-state index in [4.69, 9.17) is 0 Å². The average molecular weight is 211 g/mol. The van der Waals surface area contributed by atoms with Crippen LogP contribution in [0, 0.1) is 0 Å². The molecule has 3 aromatic rings. The average Bonchev–Trinajstić information content (AvgIpc) is 2.63. The normalized spacial score (nSPS) is 11.1. The lowest BCUT2D eigenvalue weighted by Crippen LogP contribution is -2.24.